The molecule has 7 nitrogen and oxygen atoms in total. The van der Waals surface area contributed by atoms with Crippen LogP contribution in [0.4, 0.5) is 4.79 Å². The zero-order valence-corrected chi connectivity index (χ0v) is 14.9. The average molecular weight is 406 g/mol. The number of carbonyl (C=O) groups excluding carboxylic acids is 3. The number of nitrogens with one attached hydrogen (secondary N) is 2. The Morgan fingerprint density at radius 2 is 1.96 bits per heavy atom. The Morgan fingerprint density at radius 3 is 2.72 bits per heavy atom. The van der Waals surface area contributed by atoms with Crippen LogP contribution in [0.15, 0.2) is 33.2 Å². The van der Waals surface area contributed by atoms with Crippen molar-refractivity contribution in [2.75, 3.05) is 0 Å². The summed E-state index contributed by atoms with van der Waals surface area (Å²) in [6.07, 6.45) is 4.01. The molecule has 4 amide bonds. The second-order valence-electron chi connectivity index (χ2n) is 6.45. The molecule has 1 aliphatic carbocycles. The number of fused-ring (bicyclic) bond motifs is 1. The summed E-state index contributed by atoms with van der Waals surface area (Å²) in [6.45, 7) is 0. The van der Waals surface area contributed by atoms with Gasteiger partial charge in [-0.05, 0) is 37.1 Å². The van der Waals surface area contributed by atoms with Crippen molar-refractivity contribution in [2.45, 2.75) is 37.6 Å². The van der Waals surface area contributed by atoms with Crippen LogP contribution in [-0.4, -0.2) is 28.4 Å². The van der Waals surface area contributed by atoms with Crippen molar-refractivity contribution >= 4 is 44.7 Å². The summed E-state index contributed by atoms with van der Waals surface area (Å²) >= 11 is 3.36. The Bertz CT molecular complexity index is 885. The summed E-state index contributed by atoms with van der Waals surface area (Å²) in [5, 5.41) is 4.27. The highest BCUT2D eigenvalue weighted by Crippen LogP contribution is 2.33. The van der Waals surface area contributed by atoms with Crippen LogP contribution in [0.3, 0.4) is 0 Å². The summed E-state index contributed by atoms with van der Waals surface area (Å²) < 4.78 is 6.36. The number of urea groups is 1. The first-order chi connectivity index (χ1) is 12.0. The number of benzene rings is 1. The van der Waals surface area contributed by atoms with Crippen LogP contribution in [0.1, 0.15) is 42.7 Å². The van der Waals surface area contributed by atoms with E-state index in [0.717, 1.165) is 34.1 Å². The van der Waals surface area contributed by atoms with Crippen LogP contribution in [0.25, 0.3) is 11.0 Å². The number of amides is 4. The van der Waals surface area contributed by atoms with E-state index >= 15 is 0 Å². The molecule has 2 N–H and O–H groups in total. The molecule has 0 bridgehead atoms. The number of halogens is 1. The predicted molar refractivity (Wildman–Crippen MR) is 92.6 cm³/mol. The van der Waals surface area contributed by atoms with Gasteiger partial charge < -0.3 is 9.73 Å². The molecule has 25 heavy (non-hydrogen) atoms. The molecule has 0 radical (unpaired) electrons. The van der Waals surface area contributed by atoms with Crippen LogP contribution >= 0.6 is 15.9 Å². The van der Waals surface area contributed by atoms with Gasteiger partial charge in [-0.1, -0.05) is 35.2 Å². The molecule has 2 fully saturated rings. The van der Waals surface area contributed by atoms with Crippen molar-refractivity contribution < 1.29 is 18.8 Å². The van der Waals surface area contributed by atoms with Gasteiger partial charge in [0.2, 0.25) is 0 Å². The van der Waals surface area contributed by atoms with Crippen LogP contribution in [0, 0.1) is 0 Å². The Balaban J connectivity index is 1.55. The highest BCUT2D eigenvalue weighted by atomic mass is 79.9. The number of carbonyl (C=O) groups is 3. The van der Waals surface area contributed by atoms with Crippen molar-refractivity contribution in [3.05, 3.63) is 34.5 Å². The highest BCUT2D eigenvalue weighted by Gasteiger charge is 2.52. The van der Waals surface area contributed by atoms with Crippen molar-refractivity contribution in [3.63, 3.8) is 0 Å². The SMILES string of the molecule is O=C(NN1C(=O)NC2(CCCCC2)C1=O)c1cc2cc(Br)ccc2o1. The van der Waals surface area contributed by atoms with Gasteiger partial charge in [-0.3, -0.25) is 9.59 Å². The Morgan fingerprint density at radius 1 is 1.20 bits per heavy atom. The van der Waals surface area contributed by atoms with Crippen molar-refractivity contribution in [2.24, 2.45) is 0 Å². The lowest BCUT2D eigenvalue weighted by Gasteiger charge is -2.30. The minimum absolute atomic E-state index is 0.0401. The maximum atomic E-state index is 12.7. The van der Waals surface area contributed by atoms with E-state index < -0.39 is 23.4 Å². The smallest absolute Gasteiger partial charge is 0.344 e. The van der Waals surface area contributed by atoms with Gasteiger partial charge >= 0.3 is 11.9 Å². The van der Waals surface area contributed by atoms with Gasteiger partial charge in [0.1, 0.15) is 11.1 Å². The molecule has 1 aromatic carbocycles. The first kappa shape index (κ1) is 16.1. The monoisotopic (exact) mass is 405 g/mol. The maximum Gasteiger partial charge on any atom is 0.344 e. The summed E-state index contributed by atoms with van der Waals surface area (Å²) in [5.41, 5.74) is 2.05. The second kappa shape index (κ2) is 5.87. The molecular formula is C17H16BrN3O4. The number of hydrogen-bond acceptors (Lipinski definition) is 4. The third-order valence-electron chi connectivity index (χ3n) is 4.78. The van der Waals surface area contributed by atoms with Gasteiger partial charge in [0.25, 0.3) is 5.91 Å². The summed E-state index contributed by atoms with van der Waals surface area (Å²) in [5.74, 6) is -0.994. The minimum Gasteiger partial charge on any atom is -0.451 e. The van der Waals surface area contributed by atoms with E-state index in [1.165, 1.54) is 0 Å². The first-order valence-corrected chi connectivity index (χ1v) is 8.95. The molecule has 1 spiro atoms. The largest absolute Gasteiger partial charge is 0.451 e. The molecular weight excluding hydrogens is 390 g/mol. The standard InChI is InChI=1S/C17H16BrN3O4/c18-11-4-5-12-10(8-11)9-13(25-12)14(22)20-21-15(23)17(19-16(21)24)6-2-1-3-7-17/h4-5,8-9H,1-3,6-7H2,(H,19,24)(H,20,22). The Hall–Kier alpha value is -2.35. The van der Waals surface area contributed by atoms with Crippen LogP contribution in [0.2, 0.25) is 0 Å². The molecule has 2 aliphatic rings. The fourth-order valence-corrected chi connectivity index (χ4v) is 3.88. The van der Waals surface area contributed by atoms with Crippen molar-refractivity contribution in [3.8, 4) is 0 Å². The number of hydrogen-bond donors (Lipinski definition) is 2. The molecule has 1 aliphatic heterocycles. The predicted octanol–water partition coefficient (Wildman–Crippen LogP) is 3.09. The van der Waals surface area contributed by atoms with Gasteiger partial charge in [0.05, 0.1) is 0 Å². The van der Waals surface area contributed by atoms with E-state index in [4.69, 9.17) is 4.42 Å². The number of rotatable bonds is 2. The summed E-state index contributed by atoms with van der Waals surface area (Å²) in [6, 6.07) is 6.34. The third kappa shape index (κ3) is 2.70. The summed E-state index contributed by atoms with van der Waals surface area (Å²) in [4.78, 5) is 37.3. The van der Waals surface area contributed by atoms with E-state index in [1.807, 2.05) is 6.07 Å². The number of hydrazine groups is 1. The molecule has 4 rings (SSSR count). The quantitative estimate of drug-likeness (QED) is 0.750. The van der Waals surface area contributed by atoms with Gasteiger partial charge in [-0.2, -0.15) is 5.01 Å². The van der Waals surface area contributed by atoms with E-state index in [0.29, 0.717) is 18.4 Å². The van der Waals surface area contributed by atoms with Gasteiger partial charge in [0, 0.05) is 9.86 Å². The number of imide groups is 1. The van der Waals surface area contributed by atoms with E-state index in [2.05, 4.69) is 26.7 Å². The molecule has 0 unspecified atom stereocenters. The van der Waals surface area contributed by atoms with E-state index in [9.17, 15) is 14.4 Å². The van der Waals surface area contributed by atoms with E-state index in [-0.39, 0.29) is 5.76 Å². The highest BCUT2D eigenvalue weighted by molar-refractivity contribution is 9.10. The lowest BCUT2D eigenvalue weighted by atomic mass is 9.82. The summed E-state index contributed by atoms with van der Waals surface area (Å²) in [7, 11) is 0. The van der Waals surface area contributed by atoms with Gasteiger partial charge in [-0.25, -0.2) is 10.2 Å². The first-order valence-electron chi connectivity index (χ1n) is 8.15. The molecule has 2 aromatic rings. The van der Waals surface area contributed by atoms with Gasteiger partial charge in [-0.15, -0.1) is 0 Å². The zero-order valence-electron chi connectivity index (χ0n) is 13.3. The molecule has 130 valence electrons. The molecule has 8 heteroatoms. The van der Waals surface area contributed by atoms with Crippen LogP contribution < -0.4 is 10.7 Å². The zero-order chi connectivity index (χ0) is 17.6. The lowest BCUT2D eigenvalue weighted by molar-refractivity contribution is -0.134. The molecule has 1 aromatic heterocycles. The van der Waals surface area contributed by atoms with Crippen molar-refractivity contribution in [1.82, 2.24) is 15.8 Å². The molecule has 1 saturated heterocycles. The maximum absolute atomic E-state index is 12.7. The average Bonchev–Trinajstić information content (AvgIpc) is 3.10. The fourth-order valence-electron chi connectivity index (χ4n) is 3.50. The Labute approximate surface area is 151 Å². The van der Waals surface area contributed by atoms with Gasteiger partial charge in [0.15, 0.2) is 5.76 Å². The number of furan rings is 1. The second-order valence-corrected chi connectivity index (χ2v) is 7.36. The Kier molecular flexibility index (Phi) is 3.79. The van der Waals surface area contributed by atoms with Crippen LogP contribution in [-0.2, 0) is 4.79 Å². The fraction of sp³-hybridized carbons (Fsp3) is 0.353. The molecule has 0 atom stereocenters. The van der Waals surface area contributed by atoms with Crippen molar-refractivity contribution in [1.29, 1.82) is 0 Å². The van der Waals surface area contributed by atoms with E-state index in [1.54, 1.807) is 18.2 Å². The normalized spacial score (nSPS) is 19.5. The molecule has 1 saturated carbocycles. The molecule has 2 heterocycles. The topological polar surface area (TPSA) is 91.7 Å². The third-order valence-corrected chi connectivity index (χ3v) is 5.28. The van der Waals surface area contributed by atoms with Crippen LogP contribution in [0.5, 0.6) is 0 Å². The minimum atomic E-state index is -0.874. The lowest BCUT2D eigenvalue weighted by Crippen LogP contribution is -2.50. The number of nitrogens with zero attached hydrogens (tertiary/aromatic N) is 1.